The Morgan fingerprint density at radius 1 is 1.26 bits per heavy atom. The zero-order valence-electron chi connectivity index (χ0n) is 11.6. The number of hydrogen-bond donors (Lipinski definition) is 4. The van der Waals surface area contributed by atoms with Gasteiger partial charge in [-0.3, -0.25) is 0 Å². The zero-order chi connectivity index (χ0) is 14.2. The van der Waals surface area contributed by atoms with Gasteiger partial charge in [-0.15, -0.1) is 0 Å². The van der Waals surface area contributed by atoms with E-state index in [1.54, 1.807) is 0 Å². The highest BCUT2D eigenvalue weighted by Crippen LogP contribution is 2.71. The molecule has 3 fully saturated rings. The molecule has 3 aliphatic rings. The van der Waals surface area contributed by atoms with Crippen molar-refractivity contribution in [3.05, 3.63) is 12.2 Å². The summed E-state index contributed by atoms with van der Waals surface area (Å²) in [5.41, 5.74) is -1.60. The average molecular weight is 268 g/mol. The number of hydrogen-bond acceptors (Lipinski definition) is 4. The van der Waals surface area contributed by atoms with E-state index in [-0.39, 0.29) is 18.4 Å². The van der Waals surface area contributed by atoms with E-state index in [9.17, 15) is 20.4 Å². The highest BCUT2D eigenvalue weighted by molar-refractivity contribution is 5.35. The van der Waals surface area contributed by atoms with Gasteiger partial charge in [0, 0.05) is 17.9 Å². The van der Waals surface area contributed by atoms with Gasteiger partial charge in [0.2, 0.25) is 0 Å². The first kappa shape index (κ1) is 13.6. The monoisotopic (exact) mass is 268 g/mol. The summed E-state index contributed by atoms with van der Waals surface area (Å²) >= 11 is 0. The van der Waals surface area contributed by atoms with Crippen LogP contribution < -0.4 is 0 Å². The van der Waals surface area contributed by atoms with Crippen LogP contribution in [0.5, 0.6) is 0 Å². The van der Waals surface area contributed by atoms with Crippen molar-refractivity contribution < 1.29 is 20.4 Å². The van der Waals surface area contributed by atoms with Crippen LogP contribution >= 0.6 is 0 Å². The molecule has 0 saturated heterocycles. The van der Waals surface area contributed by atoms with E-state index < -0.39 is 28.6 Å². The lowest BCUT2D eigenvalue weighted by molar-refractivity contribution is -0.0653. The van der Waals surface area contributed by atoms with Crippen molar-refractivity contribution in [2.45, 2.75) is 50.9 Å². The first-order chi connectivity index (χ1) is 8.70. The fourth-order valence-corrected chi connectivity index (χ4v) is 5.54. The van der Waals surface area contributed by atoms with Crippen molar-refractivity contribution >= 4 is 0 Å². The molecule has 0 amide bonds. The average Bonchev–Trinajstić information content (AvgIpc) is 2.77. The van der Waals surface area contributed by atoms with Gasteiger partial charge in [0.05, 0.1) is 17.8 Å². The molecule has 7 atom stereocenters. The minimum atomic E-state index is -1.15. The quantitative estimate of drug-likeness (QED) is 0.520. The molecule has 0 unspecified atom stereocenters. The summed E-state index contributed by atoms with van der Waals surface area (Å²) in [6.07, 6.45) is 0.495. The maximum Gasteiger partial charge on any atom is 0.0948 e. The molecule has 0 bridgehead atoms. The Bertz CT molecular complexity index is 436. The number of aliphatic hydroxyl groups is 4. The SMILES string of the molecule is C=C1[C@H](O)C[C@@H]2C[C@@]3(C)[C@H](O)C[C@](C)(CO)[C@H]3[C@]12O. The minimum absolute atomic E-state index is 0.0641. The first-order valence-electron chi connectivity index (χ1n) is 7.09. The maximum atomic E-state index is 11.2. The van der Waals surface area contributed by atoms with Crippen molar-refractivity contribution in [3.63, 3.8) is 0 Å². The molecule has 0 spiro atoms. The van der Waals surface area contributed by atoms with E-state index in [1.807, 2.05) is 13.8 Å². The summed E-state index contributed by atoms with van der Waals surface area (Å²) in [5, 5.41) is 41.4. The molecule has 0 radical (unpaired) electrons. The summed E-state index contributed by atoms with van der Waals surface area (Å²) in [7, 11) is 0. The predicted octanol–water partition coefficient (Wildman–Crippen LogP) is 0.444. The van der Waals surface area contributed by atoms with Crippen molar-refractivity contribution in [1.29, 1.82) is 0 Å². The van der Waals surface area contributed by atoms with Crippen LogP contribution in [0.25, 0.3) is 0 Å². The Hall–Kier alpha value is -0.420. The molecular formula is C15H24O4. The topological polar surface area (TPSA) is 80.9 Å². The smallest absolute Gasteiger partial charge is 0.0948 e. The van der Waals surface area contributed by atoms with Crippen LogP contribution in [0.15, 0.2) is 12.2 Å². The maximum absolute atomic E-state index is 11.2. The van der Waals surface area contributed by atoms with E-state index in [0.717, 1.165) is 0 Å². The van der Waals surface area contributed by atoms with Gasteiger partial charge < -0.3 is 20.4 Å². The van der Waals surface area contributed by atoms with Gasteiger partial charge in [0.15, 0.2) is 0 Å². The Balaban J connectivity index is 2.13. The third-order valence-electron chi connectivity index (χ3n) is 6.31. The van der Waals surface area contributed by atoms with Gasteiger partial charge in [0.25, 0.3) is 0 Å². The van der Waals surface area contributed by atoms with Crippen LogP contribution in [0.3, 0.4) is 0 Å². The van der Waals surface area contributed by atoms with Crippen molar-refractivity contribution in [3.8, 4) is 0 Å². The normalized spacial score (nSPS) is 60.4. The molecule has 4 heteroatoms. The van der Waals surface area contributed by atoms with Crippen molar-refractivity contribution in [2.24, 2.45) is 22.7 Å². The Morgan fingerprint density at radius 3 is 2.47 bits per heavy atom. The highest BCUT2D eigenvalue weighted by Gasteiger charge is 2.73. The van der Waals surface area contributed by atoms with E-state index in [1.165, 1.54) is 0 Å². The molecule has 3 aliphatic carbocycles. The molecule has 0 aliphatic heterocycles. The molecule has 0 aromatic rings. The lowest BCUT2D eigenvalue weighted by atomic mass is 9.65. The molecule has 4 N–H and O–H groups in total. The standard InChI is InChI=1S/C15H24O4/c1-8-10(17)4-9-5-14(3)11(18)6-13(2,7-16)12(14)15(8,9)19/h9-12,16-19H,1,4-7H2,2-3H3/t9-,10-,11-,12-,13-,14+,15+/m1/s1. The Labute approximate surface area is 113 Å². The summed E-state index contributed by atoms with van der Waals surface area (Å²) in [5.74, 6) is -0.312. The van der Waals surface area contributed by atoms with Crippen LogP contribution in [0.4, 0.5) is 0 Å². The fraction of sp³-hybridized carbons (Fsp3) is 0.867. The molecule has 0 aromatic carbocycles. The predicted molar refractivity (Wildman–Crippen MR) is 70.2 cm³/mol. The van der Waals surface area contributed by atoms with Crippen molar-refractivity contribution in [1.82, 2.24) is 0 Å². The van der Waals surface area contributed by atoms with E-state index in [2.05, 4.69) is 6.58 Å². The molecule has 108 valence electrons. The number of fused-ring (bicyclic) bond motifs is 3. The third kappa shape index (κ3) is 1.33. The van der Waals surface area contributed by atoms with Crippen LogP contribution in [0.1, 0.15) is 33.1 Å². The zero-order valence-corrected chi connectivity index (χ0v) is 11.6. The lowest BCUT2D eigenvalue weighted by Crippen LogP contribution is -2.48. The molecule has 19 heavy (non-hydrogen) atoms. The Kier molecular flexibility index (Phi) is 2.58. The number of aliphatic hydroxyl groups excluding tert-OH is 3. The highest BCUT2D eigenvalue weighted by atomic mass is 16.3. The molecule has 0 aromatic heterocycles. The lowest BCUT2D eigenvalue weighted by Gasteiger charge is -2.42. The van der Waals surface area contributed by atoms with Crippen LogP contribution in [0, 0.1) is 22.7 Å². The summed E-state index contributed by atoms with van der Waals surface area (Å²) in [4.78, 5) is 0. The third-order valence-corrected chi connectivity index (χ3v) is 6.31. The van der Waals surface area contributed by atoms with Gasteiger partial charge in [-0.1, -0.05) is 20.4 Å². The summed E-state index contributed by atoms with van der Waals surface area (Å²) < 4.78 is 0. The molecule has 3 saturated carbocycles. The van der Waals surface area contributed by atoms with Crippen LogP contribution in [-0.2, 0) is 0 Å². The van der Waals surface area contributed by atoms with Gasteiger partial charge in [-0.25, -0.2) is 0 Å². The minimum Gasteiger partial charge on any atom is -0.396 e. The van der Waals surface area contributed by atoms with Crippen LogP contribution in [0.2, 0.25) is 0 Å². The molecule has 0 heterocycles. The molecular weight excluding hydrogens is 244 g/mol. The van der Waals surface area contributed by atoms with Gasteiger partial charge in [-0.05, 0) is 36.2 Å². The Morgan fingerprint density at radius 2 is 1.89 bits per heavy atom. The molecule has 4 nitrogen and oxygen atoms in total. The van der Waals surface area contributed by atoms with E-state index in [0.29, 0.717) is 24.8 Å². The van der Waals surface area contributed by atoms with Gasteiger partial charge in [-0.2, -0.15) is 0 Å². The first-order valence-corrected chi connectivity index (χ1v) is 7.09. The second-order valence-corrected chi connectivity index (χ2v) is 7.47. The number of rotatable bonds is 1. The van der Waals surface area contributed by atoms with Gasteiger partial charge >= 0.3 is 0 Å². The van der Waals surface area contributed by atoms with Crippen LogP contribution in [-0.4, -0.2) is 44.8 Å². The fourth-order valence-electron chi connectivity index (χ4n) is 5.54. The molecule has 3 rings (SSSR count). The van der Waals surface area contributed by atoms with E-state index >= 15 is 0 Å². The van der Waals surface area contributed by atoms with Gasteiger partial charge in [0.1, 0.15) is 0 Å². The van der Waals surface area contributed by atoms with E-state index in [4.69, 9.17) is 0 Å². The summed E-state index contributed by atoms with van der Waals surface area (Å²) in [6.45, 7) is 7.76. The second-order valence-electron chi connectivity index (χ2n) is 7.47. The largest absolute Gasteiger partial charge is 0.396 e. The second kappa shape index (κ2) is 3.61. The van der Waals surface area contributed by atoms with Crippen molar-refractivity contribution in [2.75, 3.05) is 6.61 Å². The summed E-state index contributed by atoms with van der Waals surface area (Å²) in [6, 6.07) is 0.